The Morgan fingerprint density at radius 3 is 2.83 bits per heavy atom. The highest BCUT2D eigenvalue weighted by Gasteiger charge is 2.10. The van der Waals surface area contributed by atoms with Crippen LogP contribution >= 0.6 is 0 Å². The fraction of sp³-hybridized carbons (Fsp3) is 0.385. The van der Waals surface area contributed by atoms with Crippen LogP contribution in [0.25, 0.3) is 0 Å². The first-order chi connectivity index (χ1) is 8.45. The lowest BCUT2D eigenvalue weighted by Crippen LogP contribution is -2.20. The van der Waals surface area contributed by atoms with Crippen LogP contribution in [0.4, 0.5) is 0 Å². The van der Waals surface area contributed by atoms with Crippen molar-refractivity contribution < 1.29 is 8.42 Å². The second kappa shape index (κ2) is 6.55. The fourth-order valence-corrected chi connectivity index (χ4v) is 2.16. The normalized spacial score (nSPS) is 12.9. The number of primary sulfonamides is 1. The van der Waals surface area contributed by atoms with Crippen molar-refractivity contribution in [2.24, 2.45) is 5.14 Å². The first-order valence-electron chi connectivity index (χ1n) is 5.75. The van der Waals surface area contributed by atoms with Gasteiger partial charge in [-0.3, -0.25) is 0 Å². The molecule has 1 unspecified atom stereocenters. The Labute approximate surface area is 109 Å². The van der Waals surface area contributed by atoms with Gasteiger partial charge in [0.05, 0.1) is 4.90 Å². The van der Waals surface area contributed by atoms with E-state index in [9.17, 15) is 8.42 Å². The van der Waals surface area contributed by atoms with Gasteiger partial charge in [-0.2, -0.15) is 0 Å². The number of sulfonamides is 1. The lowest BCUT2D eigenvalue weighted by atomic mass is 10.1. The molecule has 98 valence electrons. The van der Waals surface area contributed by atoms with Crippen molar-refractivity contribution in [3.05, 3.63) is 29.8 Å². The molecular formula is C13H18N2O2S. The summed E-state index contributed by atoms with van der Waals surface area (Å²) in [7, 11) is -3.64. The maximum Gasteiger partial charge on any atom is 0.238 e. The van der Waals surface area contributed by atoms with Gasteiger partial charge >= 0.3 is 0 Å². The summed E-state index contributed by atoms with van der Waals surface area (Å²) in [4.78, 5) is 0.136. The zero-order chi connectivity index (χ0) is 13.6. The van der Waals surface area contributed by atoms with Crippen molar-refractivity contribution in [2.45, 2.75) is 30.7 Å². The summed E-state index contributed by atoms with van der Waals surface area (Å²) in [6.07, 6.45) is 6.80. The Hall–Kier alpha value is -1.35. The number of nitrogens with one attached hydrogen (secondary N) is 1. The Morgan fingerprint density at radius 2 is 2.22 bits per heavy atom. The number of hydrogen-bond donors (Lipinski definition) is 2. The molecule has 0 aliphatic carbocycles. The van der Waals surface area contributed by atoms with Crippen LogP contribution in [0.3, 0.4) is 0 Å². The topological polar surface area (TPSA) is 72.2 Å². The van der Waals surface area contributed by atoms with Crippen LogP contribution in [0, 0.1) is 12.3 Å². The van der Waals surface area contributed by atoms with Crippen molar-refractivity contribution in [1.29, 1.82) is 0 Å². The quantitative estimate of drug-likeness (QED) is 0.604. The average Bonchev–Trinajstić information content (AvgIpc) is 2.33. The molecule has 0 heterocycles. The zero-order valence-corrected chi connectivity index (χ0v) is 11.2. The predicted octanol–water partition coefficient (Wildman–Crippen LogP) is 1.40. The monoisotopic (exact) mass is 266 g/mol. The molecule has 18 heavy (non-hydrogen) atoms. The van der Waals surface area contributed by atoms with Gasteiger partial charge < -0.3 is 5.32 Å². The Kier molecular flexibility index (Phi) is 5.35. The van der Waals surface area contributed by atoms with Crippen molar-refractivity contribution in [3.8, 4) is 12.3 Å². The van der Waals surface area contributed by atoms with Gasteiger partial charge in [0.15, 0.2) is 0 Å². The summed E-state index contributed by atoms with van der Waals surface area (Å²) < 4.78 is 22.5. The molecule has 0 saturated carbocycles. The molecule has 4 nitrogen and oxygen atoms in total. The third kappa shape index (κ3) is 4.49. The third-order valence-electron chi connectivity index (χ3n) is 2.64. The van der Waals surface area contributed by atoms with Crippen LogP contribution in [0.15, 0.2) is 29.2 Å². The molecule has 0 aliphatic rings. The number of hydrogen-bond acceptors (Lipinski definition) is 3. The van der Waals surface area contributed by atoms with E-state index >= 15 is 0 Å². The van der Waals surface area contributed by atoms with Gasteiger partial charge in [0, 0.05) is 12.5 Å². The zero-order valence-electron chi connectivity index (χ0n) is 10.4. The standard InChI is InChI=1S/C13H18N2O2S/c1-3-4-5-9-15-11(2)12-7-6-8-13(10-12)18(14,16)17/h1,6-8,10-11,15H,4-5,9H2,2H3,(H2,14,16,17). The fourth-order valence-electron chi connectivity index (χ4n) is 1.59. The molecule has 1 rings (SSSR count). The molecule has 1 aromatic carbocycles. The minimum Gasteiger partial charge on any atom is -0.310 e. The number of terminal acetylenes is 1. The van der Waals surface area contributed by atoms with Gasteiger partial charge in [-0.05, 0) is 37.6 Å². The maximum absolute atomic E-state index is 11.2. The van der Waals surface area contributed by atoms with Gasteiger partial charge in [0.2, 0.25) is 10.0 Å². The van der Waals surface area contributed by atoms with Crippen molar-refractivity contribution >= 4 is 10.0 Å². The number of nitrogens with two attached hydrogens (primary N) is 1. The molecule has 0 radical (unpaired) electrons. The van der Waals surface area contributed by atoms with Crippen molar-refractivity contribution in [1.82, 2.24) is 5.32 Å². The number of benzene rings is 1. The molecule has 0 amide bonds. The lowest BCUT2D eigenvalue weighted by molar-refractivity contribution is 0.561. The lowest BCUT2D eigenvalue weighted by Gasteiger charge is -2.14. The molecule has 0 fully saturated rings. The summed E-state index contributed by atoms with van der Waals surface area (Å²) in [5, 5.41) is 8.38. The second-order valence-electron chi connectivity index (χ2n) is 4.10. The molecule has 0 aliphatic heterocycles. The van der Waals surface area contributed by atoms with E-state index < -0.39 is 10.0 Å². The smallest absolute Gasteiger partial charge is 0.238 e. The molecule has 3 N–H and O–H groups in total. The molecule has 0 aromatic heterocycles. The molecule has 1 atom stereocenters. The minimum absolute atomic E-state index is 0.0597. The van der Waals surface area contributed by atoms with Crippen LogP contribution in [0.5, 0.6) is 0 Å². The number of rotatable bonds is 6. The third-order valence-corrected chi connectivity index (χ3v) is 3.55. The molecule has 0 saturated heterocycles. The van der Waals surface area contributed by atoms with E-state index in [1.807, 2.05) is 13.0 Å². The van der Waals surface area contributed by atoms with E-state index in [1.54, 1.807) is 12.1 Å². The first kappa shape index (κ1) is 14.7. The van der Waals surface area contributed by atoms with Crippen molar-refractivity contribution in [3.63, 3.8) is 0 Å². The summed E-state index contributed by atoms with van der Waals surface area (Å²) in [5.74, 6) is 2.57. The highest BCUT2D eigenvalue weighted by molar-refractivity contribution is 7.89. The predicted molar refractivity (Wildman–Crippen MR) is 72.3 cm³/mol. The maximum atomic E-state index is 11.2. The SMILES string of the molecule is C#CCCCNC(C)c1cccc(S(N)(=O)=O)c1. The average molecular weight is 266 g/mol. The van der Waals surface area contributed by atoms with Crippen LogP contribution in [-0.2, 0) is 10.0 Å². The van der Waals surface area contributed by atoms with Gasteiger partial charge in [-0.15, -0.1) is 12.3 Å². The highest BCUT2D eigenvalue weighted by atomic mass is 32.2. The Morgan fingerprint density at radius 1 is 1.50 bits per heavy atom. The van der Waals surface area contributed by atoms with E-state index in [4.69, 9.17) is 11.6 Å². The van der Waals surface area contributed by atoms with E-state index in [-0.39, 0.29) is 10.9 Å². The Bertz CT molecular complexity index is 532. The molecule has 5 heteroatoms. The molecule has 1 aromatic rings. The molecular weight excluding hydrogens is 248 g/mol. The largest absolute Gasteiger partial charge is 0.310 e. The van der Waals surface area contributed by atoms with Gasteiger partial charge in [0.25, 0.3) is 0 Å². The van der Waals surface area contributed by atoms with Gasteiger partial charge in [0.1, 0.15) is 0 Å². The van der Waals surface area contributed by atoms with E-state index in [0.29, 0.717) is 0 Å². The molecule has 0 spiro atoms. The van der Waals surface area contributed by atoms with E-state index in [1.165, 1.54) is 6.07 Å². The van der Waals surface area contributed by atoms with Gasteiger partial charge in [-0.25, -0.2) is 13.6 Å². The van der Waals surface area contributed by atoms with E-state index in [2.05, 4.69) is 11.2 Å². The summed E-state index contributed by atoms with van der Waals surface area (Å²) in [6, 6.07) is 6.70. The molecule has 0 bridgehead atoms. The van der Waals surface area contributed by atoms with Crippen LogP contribution in [0.2, 0.25) is 0 Å². The van der Waals surface area contributed by atoms with Crippen molar-refractivity contribution in [2.75, 3.05) is 6.54 Å². The van der Waals surface area contributed by atoms with E-state index in [0.717, 1.165) is 24.9 Å². The summed E-state index contributed by atoms with van der Waals surface area (Å²) in [5.41, 5.74) is 0.891. The van der Waals surface area contributed by atoms with Crippen LogP contribution in [0.1, 0.15) is 31.4 Å². The van der Waals surface area contributed by atoms with Crippen LogP contribution < -0.4 is 10.5 Å². The van der Waals surface area contributed by atoms with Gasteiger partial charge in [-0.1, -0.05) is 12.1 Å². The summed E-state index contributed by atoms with van der Waals surface area (Å²) in [6.45, 7) is 2.77. The minimum atomic E-state index is -3.64. The first-order valence-corrected chi connectivity index (χ1v) is 7.29. The Balaban J connectivity index is 2.69. The number of unbranched alkanes of at least 4 members (excludes halogenated alkanes) is 1. The summed E-state index contributed by atoms with van der Waals surface area (Å²) >= 11 is 0. The highest BCUT2D eigenvalue weighted by Crippen LogP contribution is 2.16. The second-order valence-corrected chi connectivity index (χ2v) is 5.66. The van der Waals surface area contributed by atoms with Crippen LogP contribution in [-0.4, -0.2) is 15.0 Å².